The first kappa shape index (κ1) is 22.3. The largest absolute Gasteiger partial charge is 0.494 e. The van der Waals surface area contributed by atoms with Crippen molar-refractivity contribution < 1.29 is 19.4 Å². The van der Waals surface area contributed by atoms with Gasteiger partial charge < -0.3 is 14.7 Å². The van der Waals surface area contributed by atoms with E-state index in [9.17, 15) is 14.7 Å². The average molecular weight is 430 g/mol. The van der Waals surface area contributed by atoms with Gasteiger partial charge in [-0.15, -0.1) is 0 Å². The van der Waals surface area contributed by atoms with Gasteiger partial charge >= 0.3 is 0 Å². The van der Waals surface area contributed by atoms with Crippen molar-refractivity contribution in [2.24, 2.45) is 0 Å². The fourth-order valence-electron chi connectivity index (χ4n) is 3.77. The minimum Gasteiger partial charge on any atom is -0.494 e. The molecule has 0 fully saturated rings. The molecule has 0 saturated carbocycles. The maximum Gasteiger partial charge on any atom is 0.264 e. The topological polar surface area (TPSA) is 66.8 Å². The molecule has 2 aromatic carbocycles. The number of hydrogen-bond acceptors (Lipinski definition) is 4. The van der Waals surface area contributed by atoms with Gasteiger partial charge in [-0.1, -0.05) is 56.6 Å². The molecule has 6 heteroatoms. The van der Waals surface area contributed by atoms with Crippen LogP contribution in [0.1, 0.15) is 51.7 Å². The van der Waals surface area contributed by atoms with E-state index in [4.69, 9.17) is 16.3 Å². The number of halogens is 1. The quantitative estimate of drug-likeness (QED) is 0.652. The standard InChI is InChI=1S/C24H28ClNO4/c1-16(27)15-24(29)19-7-5-8-20(25)21(19)26(22(24)28)13-6-14-30-18-11-9-17(10-12-18)23(2,3)4/h5,7-12,29H,6,13-15H2,1-4H3. The Hall–Kier alpha value is -2.37. The summed E-state index contributed by atoms with van der Waals surface area (Å²) in [4.78, 5) is 26.1. The molecule has 0 aromatic heterocycles. The van der Waals surface area contributed by atoms with Gasteiger partial charge in [0.2, 0.25) is 0 Å². The molecule has 1 unspecified atom stereocenters. The van der Waals surface area contributed by atoms with Crippen molar-refractivity contribution in [3.8, 4) is 5.75 Å². The van der Waals surface area contributed by atoms with E-state index in [-0.39, 0.29) is 17.6 Å². The Bertz CT molecular complexity index is 949. The van der Waals surface area contributed by atoms with Gasteiger partial charge in [0.1, 0.15) is 11.5 Å². The molecule has 0 spiro atoms. The maximum absolute atomic E-state index is 13.0. The molecule has 1 heterocycles. The number of Topliss-reactive ketones (excluding diaryl/α,β-unsaturated/α-hetero) is 1. The second kappa shape index (κ2) is 8.40. The lowest BCUT2D eigenvalue weighted by molar-refractivity contribution is -0.141. The van der Waals surface area contributed by atoms with E-state index < -0.39 is 11.5 Å². The third-order valence-electron chi connectivity index (χ3n) is 5.32. The number of amides is 1. The predicted octanol–water partition coefficient (Wildman–Crippen LogP) is 4.62. The molecule has 1 N–H and O–H groups in total. The van der Waals surface area contributed by atoms with Crippen LogP contribution in [0.25, 0.3) is 0 Å². The number of benzene rings is 2. The smallest absolute Gasteiger partial charge is 0.264 e. The Labute approximate surface area is 182 Å². The van der Waals surface area contributed by atoms with Crippen molar-refractivity contribution in [3.63, 3.8) is 0 Å². The number of para-hydroxylation sites is 1. The number of hydrogen-bond donors (Lipinski definition) is 1. The van der Waals surface area contributed by atoms with Crippen LogP contribution < -0.4 is 9.64 Å². The zero-order valence-electron chi connectivity index (χ0n) is 17.9. The van der Waals surface area contributed by atoms with Gasteiger partial charge in [-0.25, -0.2) is 0 Å². The van der Waals surface area contributed by atoms with Crippen LogP contribution in [-0.2, 0) is 20.6 Å². The Morgan fingerprint density at radius 2 is 1.83 bits per heavy atom. The summed E-state index contributed by atoms with van der Waals surface area (Å²) in [7, 11) is 0. The van der Waals surface area contributed by atoms with E-state index in [0.29, 0.717) is 35.8 Å². The lowest BCUT2D eigenvalue weighted by atomic mass is 9.87. The number of fused-ring (bicyclic) bond motifs is 1. The van der Waals surface area contributed by atoms with E-state index in [0.717, 1.165) is 5.75 Å². The summed E-state index contributed by atoms with van der Waals surface area (Å²) < 4.78 is 5.82. The van der Waals surface area contributed by atoms with E-state index >= 15 is 0 Å². The molecule has 0 bridgehead atoms. The van der Waals surface area contributed by atoms with Gasteiger partial charge in [0.25, 0.3) is 5.91 Å². The van der Waals surface area contributed by atoms with E-state index in [1.54, 1.807) is 18.2 Å². The minimum absolute atomic E-state index is 0.0813. The molecule has 1 amide bonds. The lowest BCUT2D eigenvalue weighted by Gasteiger charge is -2.22. The summed E-state index contributed by atoms with van der Waals surface area (Å²) in [5, 5.41) is 11.4. The highest BCUT2D eigenvalue weighted by atomic mass is 35.5. The van der Waals surface area contributed by atoms with Crippen molar-refractivity contribution in [3.05, 3.63) is 58.6 Å². The Morgan fingerprint density at radius 3 is 2.43 bits per heavy atom. The molecule has 0 saturated heterocycles. The number of carbonyl (C=O) groups excluding carboxylic acids is 2. The molecule has 3 rings (SSSR count). The van der Waals surface area contributed by atoms with Gasteiger partial charge in [-0.2, -0.15) is 0 Å². The summed E-state index contributed by atoms with van der Waals surface area (Å²) in [5.41, 5.74) is 0.304. The van der Waals surface area contributed by atoms with E-state index in [2.05, 4.69) is 32.9 Å². The molecule has 160 valence electrons. The van der Waals surface area contributed by atoms with E-state index in [1.807, 2.05) is 12.1 Å². The van der Waals surface area contributed by atoms with Crippen LogP contribution in [0.2, 0.25) is 5.02 Å². The van der Waals surface area contributed by atoms with Crippen LogP contribution in [0.3, 0.4) is 0 Å². The fraction of sp³-hybridized carbons (Fsp3) is 0.417. The highest BCUT2D eigenvalue weighted by molar-refractivity contribution is 6.35. The maximum atomic E-state index is 13.0. The molecule has 1 aliphatic heterocycles. The summed E-state index contributed by atoms with van der Waals surface area (Å²) in [6.07, 6.45) is 0.278. The van der Waals surface area contributed by atoms with Gasteiger partial charge in [0, 0.05) is 18.5 Å². The summed E-state index contributed by atoms with van der Waals surface area (Å²) in [5.74, 6) is -0.0155. The molecule has 1 atom stereocenters. The number of ether oxygens (including phenoxy) is 1. The second-order valence-corrected chi connectivity index (χ2v) is 9.22. The third kappa shape index (κ3) is 4.37. The van der Waals surface area contributed by atoms with Crippen molar-refractivity contribution in [1.29, 1.82) is 0 Å². The van der Waals surface area contributed by atoms with Gasteiger partial charge in [0.15, 0.2) is 5.60 Å². The Kier molecular flexibility index (Phi) is 6.25. The average Bonchev–Trinajstić information content (AvgIpc) is 2.87. The molecule has 5 nitrogen and oxygen atoms in total. The normalized spacial score (nSPS) is 18.5. The third-order valence-corrected chi connectivity index (χ3v) is 5.63. The minimum atomic E-state index is -1.87. The van der Waals surface area contributed by atoms with Gasteiger partial charge in [-0.05, 0) is 42.5 Å². The summed E-state index contributed by atoms with van der Waals surface area (Å²) in [6.45, 7) is 8.57. The molecular weight excluding hydrogens is 402 g/mol. The number of carbonyl (C=O) groups is 2. The monoisotopic (exact) mass is 429 g/mol. The second-order valence-electron chi connectivity index (χ2n) is 8.81. The molecule has 2 aromatic rings. The molecule has 0 aliphatic carbocycles. The van der Waals surface area contributed by atoms with Crippen LogP contribution >= 0.6 is 11.6 Å². The summed E-state index contributed by atoms with van der Waals surface area (Å²) >= 11 is 6.33. The van der Waals surface area contributed by atoms with E-state index in [1.165, 1.54) is 17.4 Å². The predicted molar refractivity (Wildman–Crippen MR) is 118 cm³/mol. The fourth-order valence-corrected chi connectivity index (χ4v) is 4.05. The highest BCUT2D eigenvalue weighted by Gasteiger charge is 2.50. The first-order valence-corrected chi connectivity index (χ1v) is 10.5. The molecule has 0 radical (unpaired) electrons. The van der Waals surface area contributed by atoms with Crippen LogP contribution in [0, 0.1) is 0 Å². The Morgan fingerprint density at radius 1 is 1.17 bits per heavy atom. The first-order chi connectivity index (χ1) is 14.0. The number of aliphatic hydroxyl groups is 1. The number of rotatable bonds is 7. The van der Waals surface area contributed by atoms with Crippen molar-refractivity contribution in [2.45, 2.75) is 51.6 Å². The summed E-state index contributed by atoms with van der Waals surface area (Å²) in [6, 6.07) is 13.0. The SMILES string of the molecule is CC(=O)CC1(O)C(=O)N(CCCOc2ccc(C(C)(C)C)cc2)c2c(Cl)cccc21. The van der Waals surface area contributed by atoms with Gasteiger partial charge in [0.05, 0.1) is 17.3 Å². The first-order valence-electron chi connectivity index (χ1n) is 10.1. The van der Waals surface area contributed by atoms with Crippen LogP contribution in [0.5, 0.6) is 5.75 Å². The van der Waals surface area contributed by atoms with Crippen LogP contribution in [0.4, 0.5) is 5.69 Å². The zero-order chi connectivity index (χ0) is 22.1. The number of anilines is 1. The Balaban J connectivity index is 1.67. The molecule has 30 heavy (non-hydrogen) atoms. The zero-order valence-corrected chi connectivity index (χ0v) is 18.6. The molecule has 1 aliphatic rings. The van der Waals surface area contributed by atoms with Gasteiger partial charge in [-0.3, -0.25) is 9.59 Å². The number of ketones is 1. The number of nitrogens with zero attached hydrogens (tertiary/aromatic N) is 1. The molecular formula is C24H28ClNO4. The van der Waals surface area contributed by atoms with Crippen molar-refractivity contribution >= 4 is 29.0 Å². The van der Waals surface area contributed by atoms with Crippen LogP contribution in [-0.4, -0.2) is 29.9 Å². The van der Waals surface area contributed by atoms with Crippen LogP contribution in [0.15, 0.2) is 42.5 Å². The highest BCUT2D eigenvalue weighted by Crippen LogP contribution is 2.46. The van der Waals surface area contributed by atoms with Crippen molar-refractivity contribution in [2.75, 3.05) is 18.1 Å². The lowest BCUT2D eigenvalue weighted by Crippen LogP contribution is -2.42. The van der Waals surface area contributed by atoms with Crippen molar-refractivity contribution in [1.82, 2.24) is 0 Å².